The van der Waals surface area contributed by atoms with Crippen molar-refractivity contribution < 1.29 is 22.8 Å². The summed E-state index contributed by atoms with van der Waals surface area (Å²) in [5.41, 5.74) is 4.06. The summed E-state index contributed by atoms with van der Waals surface area (Å²) in [7, 11) is -2.07. The minimum absolute atomic E-state index is 0.341. The van der Waals surface area contributed by atoms with E-state index in [1.54, 1.807) is 16.4 Å². The molecule has 0 amide bonds. The van der Waals surface area contributed by atoms with E-state index >= 15 is 0 Å². The fourth-order valence-electron chi connectivity index (χ4n) is 4.29. The smallest absolute Gasteiger partial charge is 0.337 e. The summed E-state index contributed by atoms with van der Waals surface area (Å²) in [6.45, 7) is 3.26. The number of carbonyl (C=O) groups is 1. The van der Waals surface area contributed by atoms with E-state index in [2.05, 4.69) is 0 Å². The highest BCUT2D eigenvalue weighted by atomic mass is 32.2. The van der Waals surface area contributed by atoms with Crippen molar-refractivity contribution in [2.75, 3.05) is 33.3 Å². The number of piperazine rings is 1. The maximum atomic E-state index is 13.1. The van der Waals surface area contributed by atoms with Crippen molar-refractivity contribution in [1.82, 2.24) is 4.31 Å². The third kappa shape index (κ3) is 4.22. The molecular weight excluding hydrogens is 388 g/mol. The van der Waals surface area contributed by atoms with Crippen molar-refractivity contribution in [1.29, 1.82) is 0 Å². The van der Waals surface area contributed by atoms with Crippen LogP contribution in [0.15, 0.2) is 47.4 Å². The molecule has 0 bridgehead atoms. The molecule has 2 aromatic carbocycles. The van der Waals surface area contributed by atoms with Gasteiger partial charge in [0, 0.05) is 5.56 Å². The second kappa shape index (κ2) is 8.26. The van der Waals surface area contributed by atoms with Crippen molar-refractivity contribution >= 4 is 16.0 Å². The molecule has 0 aromatic heterocycles. The molecule has 0 saturated carbocycles. The van der Waals surface area contributed by atoms with Gasteiger partial charge in [-0.15, -0.1) is 0 Å². The van der Waals surface area contributed by atoms with Gasteiger partial charge in [-0.1, -0.05) is 18.2 Å². The van der Waals surface area contributed by atoms with E-state index in [4.69, 9.17) is 4.74 Å². The lowest BCUT2D eigenvalue weighted by atomic mass is 10.1. The summed E-state index contributed by atoms with van der Waals surface area (Å²) in [4.78, 5) is 13.5. The molecule has 2 aromatic rings. The first-order valence-corrected chi connectivity index (χ1v) is 11.5. The first-order chi connectivity index (χ1) is 14.0. The Balaban J connectivity index is 1.40. The number of quaternary nitrogens is 1. The quantitative estimate of drug-likeness (QED) is 0.742. The third-order valence-electron chi connectivity index (χ3n) is 5.94. The molecule has 7 heteroatoms. The summed E-state index contributed by atoms with van der Waals surface area (Å²) < 4.78 is 32.5. The average Bonchev–Trinajstić information content (AvgIpc) is 3.22. The van der Waals surface area contributed by atoms with Gasteiger partial charge < -0.3 is 9.64 Å². The zero-order valence-corrected chi connectivity index (χ0v) is 17.5. The molecule has 154 valence electrons. The Bertz CT molecular complexity index is 1010. The Morgan fingerprint density at radius 1 is 1.07 bits per heavy atom. The largest absolute Gasteiger partial charge is 0.465 e. The molecule has 1 heterocycles. The maximum Gasteiger partial charge on any atom is 0.337 e. The third-order valence-corrected chi connectivity index (χ3v) is 7.83. The Hall–Kier alpha value is -2.22. The topological polar surface area (TPSA) is 68.1 Å². The normalized spacial score (nSPS) is 17.8. The van der Waals surface area contributed by atoms with Crippen molar-refractivity contribution in [3.05, 3.63) is 64.7 Å². The highest BCUT2D eigenvalue weighted by Gasteiger charge is 2.31. The van der Waals surface area contributed by atoms with Crippen LogP contribution in [0.2, 0.25) is 0 Å². The first kappa shape index (κ1) is 20.1. The summed E-state index contributed by atoms with van der Waals surface area (Å²) in [6.07, 6.45) is 3.13. The van der Waals surface area contributed by atoms with Crippen LogP contribution in [-0.4, -0.2) is 52.0 Å². The van der Waals surface area contributed by atoms with Gasteiger partial charge in [-0.05, 0) is 54.7 Å². The number of hydrogen-bond acceptors (Lipinski definition) is 4. The van der Waals surface area contributed by atoms with Gasteiger partial charge in [0.1, 0.15) is 6.54 Å². The number of sulfonamides is 1. The molecular formula is C22H27N2O4S+. The van der Waals surface area contributed by atoms with E-state index in [0.29, 0.717) is 23.5 Å². The minimum Gasteiger partial charge on any atom is -0.465 e. The van der Waals surface area contributed by atoms with Crippen LogP contribution in [-0.2, 0) is 34.1 Å². The summed E-state index contributed by atoms with van der Waals surface area (Å²) in [5.74, 6) is -0.341. The van der Waals surface area contributed by atoms with E-state index in [1.807, 2.05) is 30.3 Å². The van der Waals surface area contributed by atoms with Crippen LogP contribution in [0.1, 0.15) is 33.5 Å². The average molecular weight is 416 g/mol. The van der Waals surface area contributed by atoms with Crippen molar-refractivity contribution in [3.8, 4) is 0 Å². The Morgan fingerprint density at radius 2 is 1.83 bits per heavy atom. The summed E-state index contributed by atoms with van der Waals surface area (Å²) in [6, 6.07) is 13.1. The standard InChI is InChI=1S/C22H26N2O4S/c1-28-22(25)20-7-2-4-17(14-20)16-23-10-12-24(13-11-23)29(26,27)21-9-8-18-5-3-6-19(18)15-21/h2,4,7-9,14-15H,3,5-6,10-13,16H2,1H3/p+1. The number of carbonyl (C=O) groups excluding carboxylic acids is 1. The molecule has 0 unspecified atom stereocenters. The van der Waals surface area contributed by atoms with E-state index in [9.17, 15) is 13.2 Å². The Kier molecular flexibility index (Phi) is 5.72. The van der Waals surface area contributed by atoms with Crippen LogP contribution in [0.25, 0.3) is 0 Å². The van der Waals surface area contributed by atoms with Crippen molar-refractivity contribution in [2.45, 2.75) is 30.7 Å². The number of aryl methyl sites for hydroxylation is 2. The molecule has 0 spiro atoms. The lowest BCUT2D eigenvalue weighted by molar-refractivity contribution is -0.917. The molecule has 1 fully saturated rings. The second-order valence-corrected chi connectivity index (χ2v) is 9.74. The van der Waals surface area contributed by atoms with E-state index in [0.717, 1.165) is 44.5 Å². The van der Waals surface area contributed by atoms with E-state index < -0.39 is 10.0 Å². The second-order valence-electron chi connectivity index (χ2n) is 7.81. The Labute approximate surface area is 172 Å². The van der Waals surface area contributed by atoms with Gasteiger partial charge in [-0.2, -0.15) is 4.31 Å². The van der Waals surface area contributed by atoms with Crippen LogP contribution in [0.4, 0.5) is 0 Å². The fourth-order valence-corrected chi connectivity index (χ4v) is 5.78. The van der Waals surface area contributed by atoms with Crippen LogP contribution in [0, 0.1) is 0 Å². The van der Waals surface area contributed by atoms with Gasteiger partial charge >= 0.3 is 5.97 Å². The molecule has 1 aliphatic heterocycles. The number of methoxy groups -OCH3 is 1. The predicted molar refractivity (Wildman–Crippen MR) is 109 cm³/mol. The highest BCUT2D eigenvalue weighted by molar-refractivity contribution is 7.89. The maximum absolute atomic E-state index is 13.1. The van der Waals surface area contributed by atoms with Crippen LogP contribution >= 0.6 is 0 Å². The number of rotatable bonds is 5. The minimum atomic E-state index is -3.44. The van der Waals surface area contributed by atoms with Crippen molar-refractivity contribution in [3.63, 3.8) is 0 Å². The number of hydrogen-bond donors (Lipinski definition) is 1. The van der Waals surface area contributed by atoms with Gasteiger partial charge in [-0.3, -0.25) is 0 Å². The van der Waals surface area contributed by atoms with Crippen LogP contribution in [0.3, 0.4) is 0 Å². The number of esters is 1. The van der Waals surface area contributed by atoms with Gasteiger partial charge in [0.05, 0.1) is 43.7 Å². The molecule has 4 rings (SSSR count). The molecule has 2 aliphatic rings. The van der Waals surface area contributed by atoms with E-state index in [1.165, 1.54) is 23.1 Å². The lowest BCUT2D eigenvalue weighted by Crippen LogP contribution is -3.13. The predicted octanol–water partition coefficient (Wildman–Crippen LogP) is 1.05. The molecule has 1 aliphatic carbocycles. The van der Waals surface area contributed by atoms with Gasteiger partial charge in [0.25, 0.3) is 0 Å². The van der Waals surface area contributed by atoms with Gasteiger partial charge in [-0.25, -0.2) is 13.2 Å². The lowest BCUT2D eigenvalue weighted by Gasteiger charge is -2.31. The molecule has 6 nitrogen and oxygen atoms in total. The molecule has 0 radical (unpaired) electrons. The fraction of sp³-hybridized carbons (Fsp3) is 0.409. The number of ether oxygens (including phenoxy) is 1. The number of nitrogens with one attached hydrogen (secondary N) is 1. The molecule has 1 N–H and O–H groups in total. The first-order valence-electron chi connectivity index (χ1n) is 10.1. The summed E-state index contributed by atoms with van der Waals surface area (Å²) in [5, 5.41) is 0. The SMILES string of the molecule is COC(=O)c1cccc(C[NH+]2CCN(S(=O)(=O)c3ccc4c(c3)CCC4)CC2)c1. The Morgan fingerprint density at radius 3 is 2.59 bits per heavy atom. The highest BCUT2D eigenvalue weighted by Crippen LogP contribution is 2.26. The zero-order valence-electron chi connectivity index (χ0n) is 16.7. The monoisotopic (exact) mass is 415 g/mol. The van der Waals surface area contributed by atoms with Crippen LogP contribution in [0.5, 0.6) is 0 Å². The van der Waals surface area contributed by atoms with Crippen molar-refractivity contribution in [2.24, 2.45) is 0 Å². The zero-order chi connectivity index (χ0) is 20.4. The number of benzene rings is 2. The summed E-state index contributed by atoms with van der Waals surface area (Å²) >= 11 is 0. The number of nitrogens with zero attached hydrogens (tertiary/aromatic N) is 1. The van der Waals surface area contributed by atoms with Gasteiger partial charge in [0.15, 0.2) is 0 Å². The number of fused-ring (bicyclic) bond motifs is 1. The van der Waals surface area contributed by atoms with E-state index in [-0.39, 0.29) is 5.97 Å². The van der Waals surface area contributed by atoms with Crippen LogP contribution < -0.4 is 4.90 Å². The van der Waals surface area contributed by atoms with Gasteiger partial charge in [0.2, 0.25) is 10.0 Å². The molecule has 1 saturated heterocycles. The molecule has 29 heavy (non-hydrogen) atoms. The molecule has 0 atom stereocenters.